The summed E-state index contributed by atoms with van der Waals surface area (Å²) in [5.74, 6) is -1.40. The van der Waals surface area contributed by atoms with E-state index < -0.39 is 5.97 Å². The van der Waals surface area contributed by atoms with Crippen LogP contribution >= 0.6 is 0 Å². The van der Waals surface area contributed by atoms with E-state index in [2.05, 4.69) is 12.2 Å². The zero-order chi connectivity index (χ0) is 12.5. The van der Waals surface area contributed by atoms with Crippen molar-refractivity contribution in [3.05, 3.63) is 23.7 Å². The lowest BCUT2D eigenvalue weighted by molar-refractivity contribution is 0.0696. The second-order valence-electron chi connectivity index (χ2n) is 4.54. The van der Waals surface area contributed by atoms with Gasteiger partial charge >= 0.3 is 5.97 Å². The fourth-order valence-electron chi connectivity index (χ4n) is 1.75. The second kappa shape index (κ2) is 4.24. The van der Waals surface area contributed by atoms with E-state index in [-0.39, 0.29) is 22.6 Å². The van der Waals surface area contributed by atoms with Crippen LogP contribution in [0.15, 0.2) is 16.7 Å². The minimum atomic E-state index is -1.10. The quantitative estimate of drug-likeness (QED) is 0.819. The monoisotopic (exact) mass is 237 g/mol. The number of amides is 1. The number of rotatable bonds is 5. The predicted molar refractivity (Wildman–Crippen MR) is 60.0 cm³/mol. The Morgan fingerprint density at radius 3 is 2.71 bits per heavy atom. The number of aromatic carboxylic acids is 1. The standard InChI is InChI=1S/C12H15NO4/c1-2-12(3-4-12)7-13-10(14)9-5-8(6-17-9)11(15)16/h5-6H,2-4,7H2,1H3,(H,13,14)(H,15,16). The number of hydrogen-bond acceptors (Lipinski definition) is 3. The first-order valence-electron chi connectivity index (χ1n) is 5.66. The highest BCUT2D eigenvalue weighted by Gasteiger charge is 2.40. The molecule has 5 heteroatoms. The molecule has 0 bridgehead atoms. The predicted octanol–water partition coefficient (Wildman–Crippen LogP) is 1.90. The second-order valence-corrected chi connectivity index (χ2v) is 4.54. The van der Waals surface area contributed by atoms with E-state index in [1.54, 1.807) is 0 Å². The third-order valence-electron chi connectivity index (χ3n) is 3.40. The van der Waals surface area contributed by atoms with E-state index in [1.165, 1.54) is 6.07 Å². The van der Waals surface area contributed by atoms with Gasteiger partial charge in [0, 0.05) is 12.6 Å². The van der Waals surface area contributed by atoms with Crippen LogP contribution in [-0.2, 0) is 0 Å². The minimum absolute atomic E-state index is 0.00761. The molecule has 2 rings (SSSR count). The van der Waals surface area contributed by atoms with Gasteiger partial charge in [-0.1, -0.05) is 6.92 Å². The first-order chi connectivity index (χ1) is 8.06. The van der Waals surface area contributed by atoms with Gasteiger partial charge in [0.15, 0.2) is 5.76 Å². The van der Waals surface area contributed by atoms with Gasteiger partial charge < -0.3 is 14.8 Å². The lowest BCUT2D eigenvalue weighted by Crippen LogP contribution is -2.29. The zero-order valence-electron chi connectivity index (χ0n) is 9.66. The Morgan fingerprint density at radius 1 is 1.53 bits per heavy atom. The summed E-state index contributed by atoms with van der Waals surface area (Å²) in [7, 11) is 0. The Kier molecular flexibility index (Phi) is 2.92. The van der Waals surface area contributed by atoms with Crippen molar-refractivity contribution in [2.45, 2.75) is 26.2 Å². The van der Waals surface area contributed by atoms with Crippen molar-refractivity contribution in [3.8, 4) is 0 Å². The summed E-state index contributed by atoms with van der Waals surface area (Å²) in [4.78, 5) is 22.3. The molecule has 1 saturated carbocycles. The molecule has 1 aliphatic carbocycles. The summed E-state index contributed by atoms with van der Waals surface area (Å²) in [6.45, 7) is 2.74. The molecule has 1 fully saturated rings. The van der Waals surface area contributed by atoms with Crippen molar-refractivity contribution in [2.75, 3.05) is 6.54 Å². The molecule has 0 saturated heterocycles. The minimum Gasteiger partial charge on any atom is -0.478 e. The molecule has 1 aromatic heterocycles. The molecule has 1 aliphatic rings. The fourth-order valence-corrected chi connectivity index (χ4v) is 1.75. The maximum atomic E-state index is 11.7. The van der Waals surface area contributed by atoms with Crippen LogP contribution in [0.2, 0.25) is 0 Å². The number of furan rings is 1. The van der Waals surface area contributed by atoms with Crippen molar-refractivity contribution in [2.24, 2.45) is 5.41 Å². The highest BCUT2D eigenvalue weighted by Crippen LogP contribution is 2.47. The van der Waals surface area contributed by atoms with Crippen molar-refractivity contribution in [1.29, 1.82) is 0 Å². The van der Waals surface area contributed by atoms with E-state index in [4.69, 9.17) is 9.52 Å². The lowest BCUT2D eigenvalue weighted by atomic mass is 10.0. The highest BCUT2D eigenvalue weighted by atomic mass is 16.4. The van der Waals surface area contributed by atoms with E-state index in [9.17, 15) is 9.59 Å². The van der Waals surface area contributed by atoms with Crippen LogP contribution in [0.25, 0.3) is 0 Å². The molecule has 2 N–H and O–H groups in total. The fraction of sp³-hybridized carbons (Fsp3) is 0.500. The van der Waals surface area contributed by atoms with Gasteiger partial charge in [0.1, 0.15) is 6.26 Å². The molecule has 0 radical (unpaired) electrons. The maximum absolute atomic E-state index is 11.7. The number of carbonyl (C=O) groups is 2. The molecule has 0 spiro atoms. The maximum Gasteiger partial charge on any atom is 0.338 e. The smallest absolute Gasteiger partial charge is 0.338 e. The van der Waals surface area contributed by atoms with Gasteiger partial charge in [0.25, 0.3) is 5.91 Å². The van der Waals surface area contributed by atoms with Gasteiger partial charge in [0.05, 0.1) is 5.56 Å². The largest absolute Gasteiger partial charge is 0.478 e. The van der Waals surface area contributed by atoms with Gasteiger partial charge in [-0.05, 0) is 24.7 Å². The number of carboxylic acid groups (broad SMARTS) is 1. The van der Waals surface area contributed by atoms with Crippen LogP contribution in [0, 0.1) is 5.41 Å². The Hall–Kier alpha value is -1.78. The van der Waals surface area contributed by atoms with Crippen LogP contribution in [0.4, 0.5) is 0 Å². The average molecular weight is 237 g/mol. The SMILES string of the molecule is CCC1(CNC(=O)c2cc(C(=O)O)co2)CC1. The Labute approximate surface area is 98.8 Å². The Bertz CT molecular complexity index is 445. The molecule has 0 atom stereocenters. The molecular formula is C12H15NO4. The molecule has 1 amide bonds. The molecule has 5 nitrogen and oxygen atoms in total. The molecule has 0 aromatic carbocycles. The summed E-state index contributed by atoms with van der Waals surface area (Å²) in [6, 6.07) is 1.24. The number of hydrogen-bond donors (Lipinski definition) is 2. The molecule has 0 unspecified atom stereocenters. The Balaban J connectivity index is 1.93. The van der Waals surface area contributed by atoms with Crippen molar-refractivity contribution in [3.63, 3.8) is 0 Å². The number of carbonyl (C=O) groups excluding carboxylic acids is 1. The van der Waals surface area contributed by atoms with Crippen LogP contribution < -0.4 is 5.32 Å². The van der Waals surface area contributed by atoms with E-state index in [0.29, 0.717) is 6.54 Å². The average Bonchev–Trinajstić information content (AvgIpc) is 2.92. The summed E-state index contributed by atoms with van der Waals surface area (Å²) >= 11 is 0. The summed E-state index contributed by atoms with van der Waals surface area (Å²) in [5, 5.41) is 11.5. The first-order valence-corrected chi connectivity index (χ1v) is 5.66. The van der Waals surface area contributed by atoms with Crippen LogP contribution in [0.1, 0.15) is 47.1 Å². The number of carboxylic acids is 1. The van der Waals surface area contributed by atoms with Crippen molar-refractivity contribution >= 4 is 11.9 Å². The van der Waals surface area contributed by atoms with Crippen LogP contribution in [0.3, 0.4) is 0 Å². The van der Waals surface area contributed by atoms with E-state index in [1.807, 2.05) is 0 Å². The third kappa shape index (κ3) is 2.49. The normalized spacial score (nSPS) is 16.5. The summed E-state index contributed by atoms with van der Waals surface area (Å²) in [6.07, 6.45) is 4.40. The van der Waals surface area contributed by atoms with E-state index in [0.717, 1.165) is 25.5 Å². The number of nitrogens with one attached hydrogen (secondary N) is 1. The molecule has 1 aromatic rings. The zero-order valence-corrected chi connectivity index (χ0v) is 9.66. The van der Waals surface area contributed by atoms with Crippen LogP contribution in [0.5, 0.6) is 0 Å². The van der Waals surface area contributed by atoms with Gasteiger partial charge in [-0.3, -0.25) is 4.79 Å². The highest BCUT2D eigenvalue weighted by molar-refractivity contribution is 5.95. The van der Waals surface area contributed by atoms with Crippen LogP contribution in [-0.4, -0.2) is 23.5 Å². The third-order valence-corrected chi connectivity index (χ3v) is 3.40. The van der Waals surface area contributed by atoms with Crippen molar-refractivity contribution < 1.29 is 19.1 Å². The first kappa shape index (κ1) is 11.7. The van der Waals surface area contributed by atoms with E-state index >= 15 is 0 Å². The van der Waals surface area contributed by atoms with Gasteiger partial charge in [-0.15, -0.1) is 0 Å². The molecule has 92 valence electrons. The summed E-state index contributed by atoms with van der Waals surface area (Å²) in [5.41, 5.74) is 0.254. The van der Waals surface area contributed by atoms with Gasteiger partial charge in [-0.2, -0.15) is 0 Å². The molecule has 0 aliphatic heterocycles. The topological polar surface area (TPSA) is 79.5 Å². The van der Waals surface area contributed by atoms with Crippen molar-refractivity contribution in [1.82, 2.24) is 5.32 Å². The molecule has 17 heavy (non-hydrogen) atoms. The Morgan fingerprint density at radius 2 is 2.24 bits per heavy atom. The molecule has 1 heterocycles. The van der Waals surface area contributed by atoms with Gasteiger partial charge in [-0.25, -0.2) is 4.79 Å². The van der Waals surface area contributed by atoms with Gasteiger partial charge in [0.2, 0.25) is 0 Å². The summed E-state index contributed by atoms with van der Waals surface area (Å²) < 4.78 is 4.91. The molecular weight excluding hydrogens is 222 g/mol. The lowest BCUT2D eigenvalue weighted by Gasteiger charge is -2.12.